The number of benzene rings is 1. The SMILES string of the molecule is [3H]c1c(C)ccc2nc(C#N)ccc12. The maximum atomic E-state index is 8.66. The van der Waals surface area contributed by atoms with Crippen molar-refractivity contribution >= 4 is 10.9 Å². The predicted octanol–water partition coefficient (Wildman–Crippen LogP) is 2.41. The van der Waals surface area contributed by atoms with Crippen LogP contribution in [0.1, 0.15) is 12.6 Å². The Kier molecular flexibility index (Phi) is 1.46. The lowest BCUT2D eigenvalue weighted by Gasteiger charge is -1.97. The van der Waals surface area contributed by atoms with Gasteiger partial charge in [-0.25, -0.2) is 4.98 Å². The van der Waals surface area contributed by atoms with Crippen LogP contribution >= 0.6 is 0 Å². The third-order valence-electron chi connectivity index (χ3n) is 1.86. The topological polar surface area (TPSA) is 36.7 Å². The Morgan fingerprint density at radius 3 is 3.00 bits per heavy atom. The number of pyridine rings is 1. The van der Waals surface area contributed by atoms with Gasteiger partial charge >= 0.3 is 0 Å². The minimum Gasteiger partial charge on any atom is -0.237 e. The highest BCUT2D eigenvalue weighted by Gasteiger charge is 1.96. The summed E-state index contributed by atoms with van der Waals surface area (Å²) in [7, 11) is 0. The van der Waals surface area contributed by atoms with E-state index in [1.807, 2.05) is 25.1 Å². The zero-order valence-electron chi connectivity index (χ0n) is 8.20. The molecule has 0 aliphatic rings. The Labute approximate surface area is 77.9 Å². The van der Waals surface area contributed by atoms with Gasteiger partial charge in [0.2, 0.25) is 0 Å². The van der Waals surface area contributed by atoms with Crippen LogP contribution in [0.3, 0.4) is 0 Å². The molecular formula is C11H8N2. The minimum atomic E-state index is 0.390. The van der Waals surface area contributed by atoms with Gasteiger partial charge in [-0.05, 0) is 31.2 Å². The maximum absolute atomic E-state index is 8.66. The molecule has 0 saturated heterocycles. The summed E-state index contributed by atoms with van der Waals surface area (Å²) in [4.78, 5) is 4.11. The molecule has 1 aromatic heterocycles. The first-order valence-corrected chi connectivity index (χ1v) is 3.99. The molecule has 0 atom stereocenters. The fourth-order valence-corrected chi connectivity index (χ4v) is 1.23. The number of aromatic nitrogens is 1. The van der Waals surface area contributed by atoms with Gasteiger partial charge in [0.25, 0.3) is 0 Å². The van der Waals surface area contributed by atoms with E-state index in [1.54, 1.807) is 12.1 Å². The summed E-state index contributed by atoms with van der Waals surface area (Å²) >= 11 is 0. The Balaban J connectivity index is 2.83. The van der Waals surface area contributed by atoms with E-state index in [1.165, 1.54) is 0 Å². The lowest BCUT2D eigenvalue weighted by Crippen LogP contribution is -1.84. The van der Waals surface area contributed by atoms with Gasteiger partial charge in [-0.2, -0.15) is 5.26 Å². The van der Waals surface area contributed by atoms with Gasteiger partial charge in [0.15, 0.2) is 0 Å². The molecule has 62 valence electrons. The molecule has 1 aromatic carbocycles. The van der Waals surface area contributed by atoms with Crippen molar-refractivity contribution in [3.63, 3.8) is 0 Å². The molecule has 0 saturated carbocycles. The van der Waals surface area contributed by atoms with Gasteiger partial charge in [-0.15, -0.1) is 0 Å². The summed E-state index contributed by atoms with van der Waals surface area (Å²) in [5.41, 5.74) is 2.02. The smallest absolute Gasteiger partial charge is 0.141 e. The normalized spacial score (nSPS) is 10.9. The van der Waals surface area contributed by atoms with E-state index >= 15 is 0 Å². The van der Waals surface area contributed by atoms with Crippen LogP contribution < -0.4 is 0 Å². The van der Waals surface area contributed by atoms with E-state index < -0.39 is 0 Å². The minimum absolute atomic E-state index is 0.390. The first-order chi connectivity index (χ1) is 6.72. The molecule has 2 heteroatoms. The van der Waals surface area contributed by atoms with Gasteiger partial charge in [0.05, 0.1) is 6.89 Å². The molecule has 0 unspecified atom stereocenters. The zero-order valence-corrected chi connectivity index (χ0v) is 7.20. The summed E-state index contributed by atoms with van der Waals surface area (Å²) in [6.45, 7) is 1.89. The van der Waals surface area contributed by atoms with Gasteiger partial charge in [0, 0.05) is 5.39 Å². The molecule has 2 nitrogen and oxygen atoms in total. The van der Waals surface area contributed by atoms with Crippen molar-refractivity contribution in [1.82, 2.24) is 4.98 Å². The maximum Gasteiger partial charge on any atom is 0.141 e. The van der Waals surface area contributed by atoms with E-state index in [0.717, 1.165) is 10.9 Å². The second-order valence-electron chi connectivity index (χ2n) is 2.88. The summed E-state index contributed by atoms with van der Waals surface area (Å²) in [6, 6.07) is 9.56. The number of rotatable bonds is 0. The van der Waals surface area contributed by atoms with Crippen LogP contribution in [0.15, 0.2) is 30.3 Å². The highest BCUT2D eigenvalue weighted by Crippen LogP contribution is 2.13. The van der Waals surface area contributed by atoms with Crippen LogP contribution in [-0.4, -0.2) is 4.98 Å². The Hall–Kier alpha value is -1.88. The molecule has 1 heterocycles. The summed E-state index contributed by atoms with van der Waals surface area (Å²) < 4.78 is 7.79. The Morgan fingerprint density at radius 1 is 1.38 bits per heavy atom. The van der Waals surface area contributed by atoms with Crippen LogP contribution in [0.25, 0.3) is 10.9 Å². The quantitative estimate of drug-likeness (QED) is 0.608. The molecule has 0 fully saturated rings. The van der Waals surface area contributed by atoms with Gasteiger partial charge in [-0.1, -0.05) is 11.6 Å². The molecule has 13 heavy (non-hydrogen) atoms. The van der Waals surface area contributed by atoms with E-state index in [-0.39, 0.29) is 0 Å². The Morgan fingerprint density at radius 2 is 2.23 bits per heavy atom. The van der Waals surface area contributed by atoms with Crippen molar-refractivity contribution in [3.8, 4) is 6.07 Å². The highest BCUT2D eigenvalue weighted by molar-refractivity contribution is 5.79. The largest absolute Gasteiger partial charge is 0.237 e. The third kappa shape index (κ3) is 1.36. The molecule has 0 radical (unpaired) electrons. The number of fused-ring (bicyclic) bond motifs is 1. The molecule has 2 aromatic rings. The molecular weight excluding hydrogens is 160 g/mol. The molecule has 0 aliphatic carbocycles. The van der Waals surface area contributed by atoms with E-state index in [0.29, 0.717) is 17.3 Å². The number of aryl methyl sites for hydroxylation is 1. The van der Waals surface area contributed by atoms with E-state index in [4.69, 9.17) is 6.63 Å². The Bertz CT molecular complexity index is 541. The van der Waals surface area contributed by atoms with E-state index in [2.05, 4.69) is 4.98 Å². The van der Waals surface area contributed by atoms with Crippen LogP contribution in [0.2, 0.25) is 0 Å². The molecule has 0 spiro atoms. The molecule has 2 rings (SSSR count). The van der Waals surface area contributed by atoms with Crippen LogP contribution in [0.4, 0.5) is 0 Å². The van der Waals surface area contributed by atoms with Crippen LogP contribution in [-0.2, 0) is 0 Å². The van der Waals surface area contributed by atoms with Crippen molar-refractivity contribution in [2.24, 2.45) is 0 Å². The van der Waals surface area contributed by atoms with Gasteiger partial charge < -0.3 is 0 Å². The number of nitrogens with zero attached hydrogens (tertiary/aromatic N) is 2. The highest BCUT2D eigenvalue weighted by atomic mass is 14.7. The van der Waals surface area contributed by atoms with Crippen molar-refractivity contribution in [2.45, 2.75) is 6.92 Å². The van der Waals surface area contributed by atoms with Crippen molar-refractivity contribution < 1.29 is 1.37 Å². The number of hydrogen-bond donors (Lipinski definition) is 0. The van der Waals surface area contributed by atoms with Gasteiger partial charge in [0.1, 0.15) is 11.8 Å². The lowest BCUT2D eigenvalue weighted by atomic mass is 10.1. The molecule has 0 amide bonds. The summed E-state index contributed by atoms with van der Waals surface area (Å²) in [5.74, 6) is 0. The number of hydrogen-bond acceptors (Lipinski definition) is 2. The van der Waals surface area contributed by atoms with E-state index in [9.17, 15) is 0 Å². The molecule has 0 bridgehead atoms. The lowest BCUT2D eigenvalue weighted by molar-refractivity contribution is 1.32. The first kappa shape index (κ1) is 6.62. The average molecular weight is 170 g/mol. The third-order valence-corrected chi connectivity index (χ3v) is 1.86. The molecule has 0 N–H and O–H groups in total. The van der Waals surface area contributed by atoms with Crippen molar-refractivity contribution in [2.75, 3.05) is 0 Å². The standard InChI is InChI=1S/C11H8N2/c1-8-2-5-11-9(6-8)3-4-10(7-12)13-11/h2-6H,1H3/i6T. The second-order valence-corrected chi connectivity index (χ2v) is 2.88. The average Bonchev–Trinajstić information content (AvgIpc) is 2.23. The van der Waals surface area contributed by atoms with Gasteiger partial charge in [-0.3, -0.25) is 0 Å². The second kappa shape index (κ2) is 2.87. The molecule has 0 aliphatic heterocycles. The van der Waals surface area contributed by atoms with Crippen molar-refractivity contribution in [1.29, 1.82) is 5.26 Å². The predicted molar refractivity (Wildman–Crippen MR) is 51.2 cm³/mol. The monoisotopic (exact) mass is 170 g/mol. The zero-order chi connectivity index (χ0) is 10.1. The summed E-state index contributed by atoms with van der Waals surface area (Å²) in [5, 5.41) is 9.46. The fourth-order valence-electron chi connectivity index (χ4n) is 1.23. The van der Waals surface area contributed by atoms with Crippen LogP contribution in [0, 0.1) is 18.3 Å². The summed E-state index contributed by atoms with van der Waals surface area (Å²) in [6.07, 6.45) is 0. The fraction of sp³-hybridized carbons (Fsp3) is 0.0909. The number of nitriles is 1. The van der Waals surface area contributed by atoms with Crippen LogP contribution in [0.5, 0.6) is 0 Å². The first-order valence-electron chi connectivity index (χ1n) is 4.49. The van der Waals surface area contributed by atoms with Crippen molar-refractivity contribution in [3.05, 3.63) is 41.6 Å².